The van der Waals surface area contributed by atoms with E-state index in [2.05, 4.69) is 4.98 Å². The molecule has 0 aliphatic rings. The minimum atomic E-state index is -0.359. The Morgan fingerprint density at radius 2 is 2.62 bits per heavy atom. The van der Waals surface area contributed by atoms with Crippen LogP contribution in [0.1, 0.15) is 17.9 Å². The summed E-state index contributed by atoms with van der Waals surface area (Å²) < 4.78 is 0. The van der Waals surface area contributed by atoms with E-state index in [1.54, 1.807) is 18.6 Å². The molecule has 1 heterocycles. The Kier molecular flexibility index (Phi) is 1.60. The molecule has 0 aliphatic carbocycles. The Balaban J connectivity index is 2.77. The maximum absolute atomic E-state index is 8.88. The summed E-state index contributed by atoms with van der Waals surface area (Å²) in [5, 5.41) is 8.88. The van der Waals surface area contributed by atoms with Crippen molar-refractivity contribution in [2.75, 3.05) is 0 Å². The Morgan fingerprint density at radius 1 is 1.88 bits per heavy atom. The van der Waals surface area contributed by atoms with Gasteiger partial charge < -0.3 is 5.11 Å². The van der Waals surface area contributed by atoms with E-state index in [-0.39, 0.29) is 6.10 Å². The molecule has 0 spiro atoms. The summed E-state index contributed by atoms with van der Waals surface area (Å²) in [6, 6.07) is 0. The number of aliphatic hydroxyl groups excluding tert-OH is 1. The number of aromatic nitrogens is 1. The summed E-state index contributed by atoms with van der Waals surface area (Å²) in [4.78, 5) is 4.72. The summed E-state index contributed by atoms with van der Waals surface area (Å²) in [5.41, 5.74) is 1.71. The van der Waals surface area contributed by atoms with Crippen LogP contribution in [0.3, 0.4) is 0 Å². The summed E-state index contributed by atoms with van der Waals surface area (Å²) in [6.45, 7) is 1.73. The van der Waals surface area contributed by atoms with E-state index >= 15 is 0 Å². The molecule has 0 radical (unpaired) electrons. The molecule has 44 valence electrons. The molecule has 0 aromatic carbocycles. The van der Waals surface area contributed by atoms with Crippen molar-refractivity contribution in [2.24, 2.45) is 0 Å². The summed E-state index contributed by atoms with van der Waals surface area (Å²) in [6.07, 6.45) is 1.32. The highest BCUT2D eigenvalue weighted by molar-refractivity contribution is 7.09. The zero-order valence-electron chi connectivity index (χ0n) is 4.53. The first-order valence-corrected chi connectivity index (χ1v) is 3.25. The van der Waals surface area contributed by atoms with E-state index < -0.39 is 0 Å². The number of aliphatic hydroxyl groups is 1. The van der Waals surface area contributed by atoms with E-state index in [0.717, 1.165) is 4.88 Å². The van der Waals surface area contributed by atoms with Gasteiger partial charge in [0.15, 0.2) is 0 Å². The molecule has 1 rings (SSSR count). The highest BCUT2D eigenvalue weighted by Crippen LogP contribution is 2.14. The van der Waals surface area contributed by atoms with Crippen LogP contribution in [-0.2, 0) is 0 Å². The average Bonchev–Trinajstić information content (AvgIpc) is 2.12. The molecule has 0 saturated carbocycles. The third-order valence-corrected chi connectivity index (χ3v) is 1.81. The molecule has 0 amide bonds. The number of hydrogen-bond acceptors (Lipinski definition) is 3. The van der Waals surface area contributed by atoms with Crippen LogP contribution in [0.15, 0.2) is 11.7 Å². The largest absolute Gasteiger partial charge is 0.388 e. The molecule has 1 aromatic rings. The van der Waals surface area contributed by atoms with Crippen LogP contribution in [0.4, 0.5) is 0 Å². The zero-order valence-corrected chi connectivity index (χ0v) is 5.35. The van der Waals surface area contributed by atoms with Gasteiger partial charge in [0.2, 0.25) is 0 Å². The lowest BCUT2D eigenvalue weighted by Crippen LogP contribution is -1.83. The zero-order chi connectivity index (χ0) is 5.98. The maximum atomic E-state index is 8.88. The minimum absolute atomic E-state index is 0.359. The molecule has 1 unspecified atom stereocenters. The lowest BCUT2D eigenvalue weighted by Gasteiger charge is -1.93. The van der Waals surface area contributed by atoms with Gasteiger partial charge in [-0.2, -0.15) is 0 Å². The van der Waals surface area contributed by atoms with E-state index in [4.69, 9.17) is 5.11 Å². The van der Waals surface area contributed by atoms with Crippen molar-refractivity contribution in [2.45, 2.75) is 13.0 Å². The fraction of sp³-hybridized carbons (Fsp3) is 0.400. The van der Waals surface area contributed by atoms with Gasteiger partial charge in [-0.15, -0.1) is 11.3 Å². The van der Waals surface area contributed by atoms with Crippen molar-refractivity contribution in [3.05, 3.63) is 16.6 Å². The first-order valence-electron chi connectivity index (χ1n) is 2.37. The van der Waals surface area contributed by atoms with Gasteiger partial charge in [-0.3, -0.25) is 4.98 Å². The Morgan fingerprint density at radius 3 is 2.88 bits per heavy atom. The fourth-order valence-corrected chi connectivity index (χ4v) is 0.994. The van der Waals surface area contributed by atoms with Crippen LogP contribution in [0.2, 0.25) is 0 Å². The summed E-state index contributed by atoms with van der Waals surface area (Å²) >= 11 is 1.47. The normalized spacial score (nSPS) is 13.8. The molecule has 0 saturated heterocycles. The molecule has 8 heavy (non-hydrogen) atoms. The topological polar surface area (TPSA) is 33.1 Å². The van der Waals surface area contributed by atoms with Crippen molar-refractivity contribution in [3.8, 4) is 0 Å². The van der Waals surface area contributed by atoms with Crippen LogP contribution in [-0.4, -0.2) is 10.1 Å². The van der Waals surface area contributed by atoms with Crippen LogP contribution in [0, 0.1) is 0 Å². The van der Waals surface area contributed by atoms with Gasteiger partial charge >= 0.3 is 0 Å². The number of nitrogens with zero attached hydrogens (tertiary/aromatic N) is 1. The fourth-order valence-electron chi connectivity index (χ4n) is 0.432. The van der Waals surface area contributed by atoms with Crippen LogP contribution in [0.5, 0.6) is 0 Å². The number of hydrogen-bond donors (Lipinski definition) is 1. The standard InChI is InChI=1S/C5H7NOS/c1-4(7)5-2-6-3-8-5/h2-4,7H,1H3. The Labute approximate surface area is 51.8 Å². The molecule has 1 atom stereocenters. The second kappa shape index (κ2) is 2.24. The first kappa shape index (κ1) is 5.72. The average molecular weight is 129 g/mol. The van der Waals surface area contributed by atoms with Crippen molar-refractivity contribution >= 4 is 11.3 Å². The van der Waals surface area contributed by atoms with E-state index in [9.17, 15) is 0 Å². The molecule has 0 aliphatic heterocycles. The summed E-state index contributed by atoms with van der Waals surface area (Å²) in [5.74, 6) is 0. The number of rotatable bonds is 1. The van der Waals surface area contributed by atoms with Gasteiger partial charge in [0, 0.05) is 6.20 Å². The maximum Gasteiger partial charge on any atom is 0.0870 e. The first-order chi connectivity index (χ1) is 3.80. The third-order valence-electron chi connectivity index (χ3n) is 0.863. The highest BCUT2D eigenvalue weighted by Gasteiger charge is 1.98. The van der Waals surface area contributed by atoms with Gasteiger partial charge in [0.25, 0.3) is 0 Å². The van der Waals surface area contributed by atoms with Gasteiger partial charge in [-0.25, -0.2) is 0 Å². The molecule has 1 aromatic heterocycles. The van der Waals surface area contributed by atoms with E-state index in [1.807, 2.05) is 0 Å². The lowest BCUT2D eigenvalue weighted by molar-refractivity contribution is 0.203. The van der Waals surface area contributed by atoms with E-state index in [1.165, 1.54) is 11.3 Å². The van der Waals surface area contributed by atoms with Gasteiger partial charge in [-0.05, 0) is 6.92 Å². The van der Waals surface area contributed by atoms with Crippen molar-refractivity contribution in [1.29, 1.82) is 0 Å². The van der Waals surface area contributed by atoms with E-state index in [0.29, 0.717) is 0 Å². The van der Waals surface area contributed by atoms with Crippen LogP contribution >= 0.6 is 11.3 Å². The molecular formula is C5H7NOS. The Bertz CT molecular complexity index is 147. The number of thiazole rings is 1. The molecule has 3 heteroatoms. The smallest absolute Gasteiger partial charge is 0.0870 e. The third kappa shape index (κ3) is 1.05. The van der Waals surface area contributed by atoms with Crippen molar-refractivity contribution in [3.63, 3.8) is 0 Å². The highest BCUT2D eigenvalue weighted by atomic mass is 32.1. The molecule has 0 bridgehead atoms. The van der Waals surface area contributed by atoms with Gasteiger partial charge in [-0.1, -0.05) is 0 Å². The van der Waals surface area contributed by atoms with Crippen molar-refractivity contribution < 1.29 is 5.11 Å². The monoisotopic (exact) mass is 129 g/mol. The Hall–Kier alpha value is -0.410. The molecule has 1 N–H and O–H groups in total. The molecule has 2 nitrogen and oxygen atoms in total. The minimum Gasteiger partial charge on any atom is -0.388 e. The molecular weight excluding hydrogens is 122 g/mol. The van der Waals surface area contributed by atoms with Gasteiger partial charge in [0.05, 0.1) is 16.5 Å². The lowest BCUT2D eigenvalue weighted by atomic mass is 10.4. The quantitative estimate of drug-likeness (QED) is 0.618. The summed E-state index contributed by atoms with van der Waals surface area (Å²) in [7, 11) is 0. The van der Waals surface area contributed by atoms with Crippen LogP contribution < -0.4 is 0 Å². The molecule has 0 fully saturated rings. The SMILES string of the molecule is CC(O)c1cncs1. The predicted molar refractivity (Wildman–Crippen MR) is 32.7 cm³/mol. The van der Waals surface area contributed by atoms with Crippen molar-refractivity contribution in [1.82, 2.24) is 4.98 Å². The second-order valence-electron chi connectivity index (χ2n) is 1.58. The predicted octanol–water partition coefficient (Wildman–Crippen LogP) is 1.20. The van der Waals surface area contributed by atoms with Crippen LogP contribution in [0.25, 0.3) is 0 Å². The van der Waals surface area contributed by atoms with Gasteiger partial charge in [0.1, 0.15) is 0 Å². The second-order valence-corrected chi connectivity index (χ2v) is 2.50.